The highest BCUT2D eigenvalue weighted by molar-refractivity contribution is 5.45. The number of hydrogen-bond donors (Lipinski definition) is 1. The second-order valence-corrected chi connectivity index (χ2v) is 4.59. The summed E-state index contributed by atoms with van der Waals surface area (Å²) in [5.41, 5.74) is 0.912. The molecular weight excluding hydrogens is 230 g/mol. The Hall–Kier alpha value is -1.26. The largest absolute Gasteiger partial charge is 0.504 e. The highest BCUT2D eigenvalue weighted by atomic mass is 16.5. The summed E-state index contributed by atoms with van der Waals surface area (Å²) in [6, 6.07) is 6.05. The first-order chi connectivity index (χ1) is 8.72. The van der Waals surface area contributed by atoms with Gasteiger partial charge in [-0.3, -0.25) is 4.90 Å². The second-order valence-electron chi connectivity index (χ2n) is 4.59. The van der Waals surface area contributed by atoms with Crippen LogP contribution in [-0.4, -0.2) is 42.4 Å². The van der Waals surface area contributed by atoms with Crippen LogP contribution >= 0.6 is 0 Å². The highest BCUT2D eigenvalue weighted by Gasteiger charge is 2.20. The van der Waals surface area contributed by atoms with Crippen LogP contribution in [0.3, 0.4) is 0 Å². The predicted molar refractivity (Wildman–Crippen MR) is 70.0 cm³/mol. The van der Waals surface area contributed by atoms with Crippen LogP contribution in [0.5, 0.6) is 11.5 Å². The van der Waals surface area contributed by atoms with E-state index in [0.29, 0.717) is 18.4 Å². The highest BCUT2D eigenvalue weighted by Crippen LogP contribution is 2.31. The number of rotatable bonds is 4. The second kappa shape index (κ2) is 6.07. The molecule has 1 aromatic rings. The smallest absolute Gasteiger partial charge is 0.162 e. The van der Waals surface area contributed by atoms with Gasteiger partial charge >= 0.3 is 0 Å². The van der Waals surface area contributed by atoms with Crippen LogP contribution in [0.25, 0.3) is 0 Å². The zero-order valence-electron chi connectivity index (χ0n) is 11.1. The van der Waals surface area contributed by atoms with Crippen molar-refractivity contribution in [2.75, 3.05) is 26.4 Å². The van der Waals surface area contributed by atoms with Crippen LogP contribution in [0.4, 0.5) is 0 Å². The van der Waals surface area contributed by atoms with E-state index in [1.54, 1.807) is 6.07 Å². The van der Waals surface area contributed by atoms with Crippen LogP contribution in [0.2, 0.25) is 0 Å². The molecule has 18 heavy (non-hydrogen) atoms. The van der Waals surface area contributed by atoms with E-state index >= 15 is 0 Å². The van der Waals surface area contributed by atoms with Gasteiger partial charge in [0.25, 0.3) is 0 Å². The van der Waals surface area contributed by atoms with E-state index in [9.17, 15) is 5.11 Å². The van der Waals surface area contributed by atoms with Gasteiger partial charge in [-0.2, -0.15) is 0 Å². The van der Waals surface area contributed by atoms with Gasteiger partial charge in [-0.05, 0) is 19.9 Å². The first-order valence-electron chi connectivity index (χ1n) is 6.47. The minimum atomic E-state index is 0.262. The van der Waals surface area contributed by atoms with Gasteiger partial charge in [0.05, 0.1) is 19.8 Å². The molecule has 0 aliphatic carbocycles. The SMILES string of the molecule is CCOc1cccc(CN2CCOCC2C)c1O. The van der Waals surface area contributed by atoms with Gasteiger partial charge < -0.3 is 14.6 Å². The van der Waals surface area contributed by atoms with Crippen molar-refractivity contribution in [1.82, 2.24) is 4.90 Å². The van der Waals surface area contributed by atoms with Gasteiger partial charge in [-0.1, -0.05) is 12.1 Å². The van der Waals surface area contributed by atoms with Crippen LogP contribution in [0, 0.1) is 0 Å². The Morgan fingerprint density at radius 2 is 2.33 bits per heavy atom. The number of morpholine rings is 1. The van der Waals surface area contributed by atoms with E-state index in [1.807, 2.05) is 19.1 Å². The average Bonchev–Trinajstić information content (AvgIpc) is 2.37. The summed E-state index contributed by atoms with van der Waals surface area (Å²) in [6.45, 7) is 7.77. The van der Waals surface area contributed by atoms with Crippen LogP contribution in [-0.2, 0) is 11.3 Å². The summed E-state index contributed by atoms with van der Waals surface area (Å²) in [5, 5.41) is 10.2. The molecular formula is C14H21NO3. The number of aromatic hydroxyl groups is 1. The zero-order chi connectivity index (χ0) is 13.0. The van der Waals surface area contributed by atoms with E-state index in [2.05, 4.69) is 11.8 Å². The lowest BCUT2D eigenvalue weighted by molar-refractivity contribution is -0.00467. The monoisotopic (exact) mass is 251 g/mol. The van der Waals surface area contributed by atoms with Gasteiger partial charge in [0, 0.05) is 24.7 Å². The fourth-order valence-electron chi connectivity index (χ4n) is 2.18. The van der Waals surface area contributed by atoms with Gasteiger partial charge in [-0.25, -0.2) is 0 Å². The molecule has 2 rings (SSSR count). The molecule has 1 saturated heterocycles. The fourth-order valence-corrected chi connectivity index (χ4v) is 2.18. The van der Waals surface area contributed by atoms with Crippen molar-refractivity contribution in [3.8, 4) is 11.5 Å². The van der Waals surface area contributed by atoms with Crippen molar-refractivity contribution in [1.29, 1.82) is 0 Å². The maximum absolute atomic E-state index is 10.2. The van der Waals surface area contributed by atoms with Crippen LogP contribution < -0.4 is 4.74 Å². The van der Waals surface area contributed by atoms with Crippen molar-refractivity contribution in [3.63, 3.8) is 0 Å². The molecule has 1 N–H and O–H groups in total. The minimum Gasteiger partial charge on any atom is -0.504 e. The summed E-state index contributed by atoms with van der Waals surface area (Å²) in [5.74, 6) is 0.828. The Kier molecular flexibility index (Phi) is 4.44. The molecule has 1 aromatic carbocycles. The van der Waals surface area contributed by atoms with Crippen molar-refractivity contribution in [3.05, 3.63) is 23.8 Å². The van der Waals surface area contributed by atoms with E-state index in [-0.39, 0.29) is 5.75 Å². The molecule has 1 atom stereocenters. The number of benzene rings is 1. The molecule has 0 amide bonds. The lowest BCUT2D eigenvalue weighted by Crippen LogP contribution is -2.42. The molecule has 1 heterocycles. The topological polar surface area (TPSA) is 41.9 Å². The third-order valence-electron chi connectivity index (χ3n) is 3.26. The van der Waals surface area contributed by atoms with Crippen molar-refractivity contribution in [2.45, 2.75) is 26.4 Å². The van der Waals surface area contributed by atoms with Gasteiger partial charge in [0.15, 0.2) is 11.5 Å². The molecule has 0 bridgehead atoms. The minimum absolute atomic E-state index is 0.262. The van der Waals surface area contributed by atoms with E-state index < -0.39 is 0 Å². The Labute approximate surface area is 108 Å². The summed E-state index contributed by atoms with van der Waals surface area (Å²) < 4.78 is 10.8. The van der Waals surface area contributed by atoms with E-state index in [0.717, 1.165) is 31.9 Å². The molecule has 1 aliphatic heterocycles. The summed E-state index contributed by atoms with van der Waals surface area (Å²) >= 11 is 0. The third-order valence-corrected chi connectivity index (χ3v) is 3.26. The van der Waals surface area contributed by atoms with Crippen molar-refractivity contribution >= 4 is 0 Å². The molecule has 1 aliphatic rings. The third kappa shape index (κ3) is 2.94. The molecule has 4 heteroatoms. The number of phenolic OH excluding ortho intramolecular Hbond substituents is 1. The lowest BCUT2D eigenvalue weighted by Gasteiger charge is -2.33. The van der Waals surface area contributed by atoms with Gasteiger partial charge in [0.1, 0.15) is 0 Å². The Bertz CT molecular complexity index is 395. The first-order valence-corrected chi connectivity index (χ1v) is 6.47. The van der Waals surface area contributed by atoms with Crippen LogP contribution in [0.15, 0.2) is 18.2 Å². The summed E-state index contributed by atoms with van der Waals surface area (Å²) in [4.78, 5) is 2.31. The molecule has 100 valence electrons. The maximum atomic E-state index is 10.2. The molecule has 0 aromatic heterocycles. The predicted octanol–water partition coefficient (Wildman–Crippen LogP) is 2.01. The molecule has 1 fully saturated rings. The van der Waals surface area contributed by atoms with Gasteiger partial charge in [-0.15, -0.1) is 0 Å². The standard InChI is InChI=1S/C14H21NO3/c1-3-18-13-6-4-5-12(14(13)16)9-15-7-8-17-10-11(15)2/h4-6,11,16H,3,7-10H2,1-2H3. The fraction of sp³-hybridized carbons (Fsp3) is 0.571. The maximum Gasteiger partial charge on any atom is 0.162 e. The average molecular weight is 251 g/mol. The Morgan fingerprint density at radius 3 is 3.06 bits per heavy atom. The number of para-hydroxylation sites is 1. The number of phenols is 1. The molecule has 0 radical (unpaired) electrons. The van der Waals surface area contributed by atoms with E-state index in [1.165, 1.54) is 0 Å². The molecule has 1 unspecified atom stereocenters. The summed E-state index contributed by atoms with van der Waals surface area (Å²) in [6.07, 6.45) is 0. The lowest BCUT2D eigenvalue weighted by atomic mass is 10.1. The number of nitrogens with zero attached hydrogens (tertiary/aromatic N) is 1. The molecule has 0 saturated carbocycles. The summed E-state index contributed by atoms with van der Waals surface area (Å²) in [7, 11) is 0. The quantitative estimate of drug-likeness (QED) is 0.889. The normalized spacial score (nSPS) is 20.9. The number of ether oxygens (including phenoxy) is 2. The number of hydrogen-bond acceptors (Lipinski definition) is 4. The van der Waals surface area contributed by atoms with Gasteiger partial charge in [0.2, 0.25) is 0 Å². The van der Waals surface area contributed by atoms with Crippen LogP contribution in [0.1, 0.15) is 19.4 Å². The first kappa shape index (κ1) is 13.2. The van der Waals surface area contributed by atoms with Crippen molar-refractivity contribution < 1.29 is 14.6 Å². The van der Waals surface area contributed by atoms with E-state index in [4.69, 9.17) is 9.47 Å². The molecule has 4 nitrogen and oxygen atoms in total. The zero-order valence-corrected chi connectivity index (χ0v) is 11.1. The Balaban J connectivity index is 2.10. The molecule has 0 spiro atoms. The Morgan fingerprint density at radius 1 is 1.50 bits per heavy atom. The van der Waals surface area contributed by atoms with Crippen molar-refractivity contribution in [2.24, 2.45) is 0 Å².